The minimum Gasteiger partial charge on any atom is -0.468 e. The molecule has 0 aliphatic heterocycles. The van der Waals surface area contributed by atoms with Gasteiger partial charge in [0, 0.05) is 0 Å². The molecule has 14 heavy (non-hydrogen) atoms. The van der Waals surface area contributed by atoms with Crippen molar-refractivity contribution in [1.29, 1.82) is 0 Å². The van der Waals surface area contributed by atoms with E-state index in [4.69, 9.17) is 5.84 Å². The van der Waals surface area contributed by atoms with E-state index in [-0.39, 0.29) is 6.54 Å². The Hall–Kier alpha value is -1.62. The van der Waals surface area contributed by atoms with Crippen LogP contribution in [-0.2, 0) is 9.53 Å². The van der Waals surface area contributed by atoms with E-state index in [0.717, 1.165) is 5.01 Å². The predicted molar refractivity (Wildman–Crippen MR) is 49.9 cm³/mol. The fraction of sp³-hybridized carbons (Fsp3) is 0.222. The zero-order chi connectivity index (χ0) is 10.6. The van der Waals surface area contributed by atoms with Gasteiger partial charge in [-0.3, -0.25) is 9.80 Å². The predicted octanol–water partition coefficient (Wildman–Crippen LogP) is 0.679. The minimum atomic E-state index is -0.475. The van der Waals surface area contributed by atoms with Gasteiger partial charge in [-0.2, -0.15) is 0 Å². The van der Waals surface area contributed by atoms with Gasteiger partial charge in [-0.15, -0.1) is 0 Å². The van der Waals surface area contributed by atoms with Gasteiger partial charge in [-0.25, -0.2) is 10.2 Å². The largest absolute Gasteiger partial charge is 0.468 e. The van der Waals surface area contributed by atoms with Crippen molar-refractivity contribution in [3.05, 3.63) is 30.1 Å². The summed E-state index contributed by atoms with van der Waals surface area (Å²) in [7, 11) is 1.27. The first-order valence-corrected chi connectivity index (χ1v) is 3.98. The lowest BCUT2D eigenvalue weighted by molar-refractivity contribution is -0.138. The second-order valence-corrected chi connectivity index (χ2v) is 2.68. The van der Waals surface area contributed by atoms with E-state index >= 15 is 0 Å². The average Bonchev–Trinajstić information content (AvgIpc) is 2.17. The number of benzene rings is 1. The third-order valence-corrected chi connectivity index (χ3v) is 1.67. The highest BCUT2D eigenvalue weighted by Gasteiger charge is 2.07. The fourth-order valence-corrected chi connectivity index (χ4v) is 0.950. The molecule has 0 saturated heterocycles. The molecule has 1 aromatic carbocycles. The number of ether oxygens (including phenoxy) is 1. The van der Waals surface area contributed by atoms with Gasteiger partial charge in [-0.05, 0) is 18.2 Å². The maximum absolute atomic E-state index is 12.7. The molecule has 0 amide bonds. The molecule has 0 heterocycles. The summed E-state index contributed by atoms with van der Waals surface area (Å²) in [4.78, 5) is 10.8. The van der Waals surface area contributed by atoms with Crippen LogP contribution in [0.1, 0.15) is 0 Å². The SMILES string of the molecule is COC(=O)CN(N)c1cccc(F)c1. The Morgan fingerprint density at radius 2 is 2.36 bits per heavy atom. The highest BCUT2D eigenvalue weighted by molar-refractivity contribution is 5.75. The molecule has 0 aliphatic carbocycles. The van der Waals surface area contributed by atoms with Gasteiger partial charge in [0.2, 0.25) is 0 Å². The molecule has 4 nitrogen and oxygen atoms in total. The summed E-state index contributed by atoms with van der Waals surface area (Å²) in [6, 6.07) is 5.66. The number of carbonyl (C=O) groups excluding carboxylic acids is 1. The Kier molecular flexibility index (Phi) is 3.41. The summed E-state index contributed by atoms with van der Waals surface area (Å²) in [5.41, 5.74) is 0.426. The fourth-order valence-electron chi connectivity index (χ4n) is 0.950. The second kappa shape index (κ2) is 4.57. The first-order chi connectivity index (χ1) is 6.63. The quantitative estimate of drug-likeness (QED) is 0.441. The molecule has 2 N–H and O–H groups in total. The number of rotatable bonds is 3. The highest BCUT2D eigenvalue weighted by Crippen LogP contribution is 2.11. The molecule has 76 valence electrons. The van der Waals surface area contributed by atoms with E-state index in [1.54, 1.807) is 6.07 Å². The molecule has 1 aromatic rings. The first-order valence-electron chi connectivity index (χ1n) is 3.98. The summed E-state index contributed by atoms with van der Waals surface area (Å²) in [6.07, 6.45) is 0. The van der Waals surface area contributed by atoms with Crippen molar-refractivity contribution in [3.8, 4) is 0 Å². The lowest BCUT2D eigenvalue weighted by Crippen LogP contribution is -2.36. The Morgan fingerprint density at radius 1 is 1.64 bits per heavy atom. The standard InChI is InChI=1S/C9H11FN2O2/c1-14-9(13)6-12(11)8-4-2-3-7(10)5-8/h2-5H,6,11H2,1H3. The number of nitrogens with two attached hydrogens (primary N) is 1. The van der Waals surface area contributed by atoms with Crippen molar-refractivity contribution in [2.45, 2.75) is 0 Å². The summed E-state index contributed by atoms with van der Waals surface area (Å²) in [6.45, 7) is -0.111. The zero-order valence-corrected chi connectivity index (χ0v) is 7.74. The van der Waals surface area contributed by atoms with Crippen LogP contribution in [0.25, 0.3) is 0 Å². The van der Waals surface area contributed by atoms with E-state index in [0.29, 0.717) is 5.69 Å². The van der Waals surface area contributed by atoms with E-state index < -0.39 is 11.8 Å². The third kappa shape index (κ3) is 2.70. The van der Waals surface area contributed by atoms with E-state index in [1.807, 2.05) is 0 Å². The van der Waals surface area contributed by atoms with Gasteiger partial charge in [-0.1, -0.05) is 6.07 Å². The van der Waals surface area contributed by atoms with Crippen LogP contribution in [0.3, 0.4) is 0 Å². The van der Waals surface area contributed by atoms with Crippen molar-refractivity contribution in [2.24, 2.45) is 5.84 Å². The maximum atomic E-state index is 12.7. The number of anilines is 1. The summed E-state index contributed by atoms with van der Waals surface area (Å²) in [5, 5.41) is 1.12. The van der Waals surface area contributed by atoms with Crippen molar-refractivity contribution < 1.29 is 13.9 Å². The molecule has 0 saturated carbocycles. The molecular weight excluding hydrogens is 187 g/mol. The average molecular weight is 198 g/mol. The van der Waals surface area contributed by atoms with E-state index in [2.05, 4.69) is 4.74 Å². The van der Waals surface area contributed by atoms with Crippen LogP contribution in [0.4, 0.5) is 10.1 Å². The molecule has 1 rings (SSSR count). The van der Waals surface area contributed by atoms with Gasteiger partial charge in [0.05, 0.1) is 12.8 Å². The maximum Gasteiger partial charge on any atom is 0.326 e. The number of halogens is 1. The molecule has 0 spiro atoms. The van der Waals surface area contributed by atoms with Gasteiger partial charge in [0.1, 0.15) is 12.4 Å². The molecule has 0 aliphatic rings. The molecule has 5 heteroatoms. The molecule has 0 atom stereocenters. The van der Waals surface area contributed by atoms with E-state index in [1.165, 1.54) is 25.3 Å². The van der Waals surface area contributed by atoms with Crippen molar-refractivity contribution in [2.75, 3.05) is 18.7 Å². The number of hydrogen-bond donors (Lipinski definition) is 1. The summed E-state index contributed by atoms with van der Waals surface area (Å²) < 4.78 is 17.2. The number of hydrazine groups is 1. The van der Waals surface area contributed by atoms with Crippen LogP contribution < -0.4 is 10.9 Å². The number of esters is 1. The second-order valence-electron chi connectivity index (χ2n) is 2.68. The van der Waals surface area contributed by atoms with Crippen LogP contribution in [0.2, 0.25) is 0 Å². The number of methoxy groups -OCH3 is 1. The van der Waals surface area contributed by atoms with Gasteiger partial charge in [0.25, 0.3) is 0 Å². The van der Waals surface area contributed by atoms with Gasteiger partial charge < -0.3 is 4.74 Å². The van der Waals surface area contributed by atoms with Crippen molar-refractivity contribution in [1.82, 2.24) is 0 Å². The Bertz CT molecular complexity index is 330. The molecule has 0 bridgehead atoms. The van der Waals surface area contributed by atoms with Crippen LogP contribution >= 0.6 is 0 Å². The van der Waals surface area contributed by atoms with Gasteiger partial charge in [0.15, 0.2) is 0 Å². The minimum absolute atomic E-state index is 0.111. The number of nitrogens with zero attached hydrogens (tertiary/aromatic N) is 1. The highest BCUT2D eigenvalue weighted by atomic mass is 19.1. The van der Waals surface area contributed by atoms with Crippen molar-refractivity contribution in [3.63, 3.8) is 0 Å². The van der Waals surface area contributed by atoms with Crippen LogP contribution in [0.15, 0.2) is 24.3 Å². The monoisotopic (exact) mass is 198 g/mol. The molecule has 0 radical (unpaired) electrons. The number of carbonyl (C=O) groups is 1. The molecule has 0 aromatic heterocycles. The first kappa shape index (κ1) is 10.5. The Morgan fingerprint density at radius 3 is 2.93 bits per heavy atom. The summed E-state index contributed by atoms with van der Waals surface area (Å²) in [5.74, 6) is 4.63. The smallest absolute Gasteiger partial charge is 0.326 e. The number of hydrogen-bond acceptors (Lipinski definition) is 4. The topological polar surface area (TPSA) is 55.6 Å². The zero-order valence-electron chi connectivity index (χ0n) is 7.74. The molecule has 0 unspecified atom stereocenters. The lowest BCUT2D eigenvalue weighted by atomic mass is 10.3. The Labute approximate surface area is 81.0 Å². The van der Waals surface area contributed by atoms with E-state index in [9.17, 15) is 9.18 Å². The molecule has 0 fully saturated rings. The summed E-state index contributed by atoms with van der Waals surface area (Å²) >= 11 is 0. The Balaban J connectivity index is 2.69. The van der Waals surface area contributed by atoms with Crippen molar-refractivity contribution >= 4 is 11.7 Å². The van der Waals surface area contributed by atoms with Gasteiger partial charge >= 0.3 is 5.97 Å². The van der Waals surface area contributed by atoms with Crippen LogP contribution in [0, 0.1) is 5.82 Å². The normalized spacial score (nSPS) is 9.64. The lowest BCUT2D eigenvalue weighted by Gasteiger charge is -2.16. The van der Waals surface area contributed by atoms with Crippen LogP contribution in [0.5, 0.6) is 0 Å². The van der Waals surface area contributed by atoms with Crippen LogP contribution in [-0.4, -0.2) is 19.6 Å². The molecular formula is C9H11FN2O2. The third-order valence-electron chi connectivity index (χ3n) is 1.67.